The van der Waals surface area contributed by atoms with Crippen molar-refractivity contribution in [3.05, 3.63) is 23.7 Å². The van der Waals surface area contributed by atoms with Gasteiger partial charge in [-0.15, -0.1) is 0 Å². The summed E-state index contributed by atoms with van der Waals surface area (Å²) in [7, 11) is 0. The van der Waals surface area contributed by atoms with Crippen LogP contribution >= 0.6 is 0 Å². The molecule has 1 aliphatic rings. The lowest BCUT2D eigenvalue weighted by molar-refractivity contribution is 0.0931. The van der Waals surface area contributed by atoms with Gasteiger partial charge in [0.2, 0.25) is 0 Å². The molecular formula is C12H14N2O2. The minimum Gasteiger partial charge on any atom is -0.469 e. The van der Waals surface area contributed by atoms with E-state index >= 15 is 0 Å². The highest BCUT2D eigenvalue weighted by molar-refractivity contribution is 5.95. The van der Waals surface area contributed by atoms with Crippen molar-refractivity contribution < 1.29 is 9.21 Å². The Morgan fingerprint density at radius 2 is 2.44 bits per heavy atom. The van der Waals surface area contributed by atoms with E-state index in [1.165, 1.54) is 6.26 Å². The Hall–Kier alpha value is -1.76. The van der Waals surface area contributed by atoms with Gasteiger partial charge in [-0.25, -0.2) is 0 Å². The van der Waals surface area contributed by atoms with Gasteiger partial charge in [0, 0.05) is 6.04 Å². The molecule has 84 valence electrons. The summed E-state index contributed by atoms with van der Waals surface area (Å²) in [5.41, 5.74) is 0.559. The predicted octanol–water partition coefficient (Wildman–Crippen LogP) is 2.01. The first kappa shape index (κ1) is 10.7. The first-order valence-electron chi connectivity index (χ1n) is 5.47. The molecule has 4 nitrogen and oxygen atoms in total. The largest absolute Gasteiger partial charge is 0.469 e. The van der Waals surface area contributed by atoms with Crippen LogP contribution in [0.4, 0.5) is 0 Å². The predicted molar refractivity (Wildman–Crippen MR) is 57.7 cm³/mol. The van der Waals surface area contributed by atoms with Crippen molar-refractivity contribution in [2.75, 3.05) is 0 Å². The van der Waals surface area contributed by atoms with Crippen molar-refractivity contribution in [1.29, 1.82) is 5.26 Å². The summed E-state index contributed by atoms with van der Waals surface area (Å²) in [4.78, 5) is 11.9. The van der Waals surface area contributed by atoms with E-state index in [0.717, 1.165) is 19.3 Å². The van der Waals surface area contributed by atoms with Crippen LogP contribution in [0.1, 0.15) is 35.4 Å². The summed E-state index contributed by atoms with van der Waals surface area (Å²) in [6, 6.07) is 3.89. The Kier molecular flexibility index (Phi) is 2.95. The van der Waals surface area contributed by atoms with E-state index in [1.54, 1.807) is 13.0 Å². The van der Waals surface area contributed by atoms with Gasteiger partial charge >= 0.3 is 0 Å². The van der Waals surface area contributed by atoms with Crippen LogP contribution in [0.2, 0.25) is 0 Å². The van der Waals surface area contributed by atoms with Gasteiger partial charge in [-0.1, -0.05) is 0 Å². The zero-order chi connectivity index (χ0) is 11.5. The molecule has 1 heterocycles. The molecule has 0 aliphatic heterocycles. The minimum absolute atomic E-state index is 0.00759. The van der Waals surface area contributed by atoms with Gasteiger partial charge in [0.1, 0.15) is 5.76 Å². The number of nitriles is 1. The van der Waals surface area contributed by atoms with Crippen LogP contribution in [0, 0.1) is 24.2 Å². The number of hydrogen-bond donors (Lipinski definition) is 1. The van der Waals surface area contributed by atoms with Crippen molar-refractivity contribution in [2.45, 2.75) is 32.2 Å². The normalized spacial score (nSPS) is 24.0. The van der Waals surface area contributed by atoms with Gasteiger partial charge in [0.25, 0.3) is 5.91 Å². The summed E-state index contributed by atoms with van der Waals surface area (Å²) in [6.45, 7) is 1.76. The fourth-order valence-electron chi connectivity index (χ4n) is 2.15. The van der Waals surface area contributed by atoms with E-state index in [2.05, 4.69) is 11.4 Å². The molecule has 0 spiro atoms. The molecule has 1 saturated carbocycles. The molecule has 1 amide bonds. The second kappa shape index (κ2) is 4.40. The van der Waals surface area contributed by atoms with Crippen molar-refractivity contribution in [1.82, 2.24) is 5.32 Å². The lowest BCUT2D eigenvalue weighted by Gasteiger charge is -2.14. The zero-order valence-electron chi connectivity index (χ0n) is 9.19. The molecule has 1 fully saturated rings. The zero-order valence-corrected chi connectivity index (χ0v) is 9.19. The molecule has 2 unspecified atom stereocenters. The second-order valence-electron chi connectivity index (χ2n) is 4.14. The highest BCUT2D eigenvalue weighted by atomic mass is 16.3. The molecule has 16 heavy (non-hydrogen) atoms. The molecule has 1 N–H and O–H groups in total. The number of nitrogens with zero attached hydrogens (tertiary/aromatic N) is 1. The highest BCUT2D eigenvalue weighted by Crippen LogP contribution is 2.25. The maximum atomic E-state index is 11.9. The minimum atomic E-state index is -0.140. The topological polar surface area (TPSA) is 66.0 Å². The molecule has 1 aromatic heterocycles. The molecule has 1 aromatic rings. The molecule has 4 heteroatoms. The van der Waals surface area contributed by atoms with E-state index in [-0.39, 0.29) is 17.9 Å². The van der Waals surface area contributed by atoms with E-state index in [9.17, 15) is 4.79 Å². The first-order chi connectivity index (χ1) is 7.72. The summed E-state index contributed by atoms with van der Waals surface area (Å²) in [5.74, 6) is 0.429. The van der Waals surface area contributed by atoms with Crippen LogP contribution in [-0.4, -0.2) is 11.9 Å². The molecule has 0 radical (unpaired) electrons. The summed E-state index contributed by atoms with van der Waals surface area (Å²) < 4.78 is 5.08. The quantitative estimate of drug-likeness (QED) is 0.825. The van der Waals surface area contributed by atoms with Gasteiger partial charge in [-0.3, -0.25) is 4.79 Å². The van der Waals surface area contributed by atoms with Crippen LogP contribution in [0.3, 0.4) is 0 Å². The van der Waals surface area contributed by atoms with E-state index in [4.69, 9.17) is 9.68 Å². The lowest BCUT2D eigenvalue weighted by atomic mass is 10.1. The number of amides is 1. The fraction of sp³-hybridized carbons (Fsp3) is 0.500. The van der Waals surface area contributed by atoms with Gasteiger partial charge in [-0.05, 0) is 32.3 Å². The Morgan fingerprint density at radius 3 is 3.06 bits per heavy atom. The van der Waals surface area contributed by atoms with Crippen molar-refractivity contribution in [2.24, 2.45) is 5.92 Å². The Balaban J connectivity index is 2.03. The first-order valence-corrected chi connectivity index (χ1v) is 5.47. The average molecular weight is 218 g/mol. The fourth-order valence-corrected chi connectivity index (χ4v) is 2.15. The van der Waals surface area contributed by atoms with E-state index in [0.29, 0.717) is 11.3 Å². The van der Waals surface area contributed by atoms with Gasteiger partial charge in [-0.2, -0.15) is 5.26 Å². The van der Waals surface area contributed by atoms with Crippen molar-refractivity contribution in [3.63, 3.8) is 0 Å². The summed E-state index contributed by atoms with van der Waals surface area (Å²) in [5, 5.41) is 11.8. The second-order valence-corrected chi connectivity index (χ2v) is 4.14. The standard InChI is InChI=1S/C12H14N2O2/c1-8-10(5-6-16-8)12(15)14-11-4-2-3-9(11)7-13/h5-6,9,11H,2-4H2,1H3,(H,14,15). The molecule has 2 rings (SSSR count). The van der Waals surface area contributed by atoms with Crippen LogP contribution in [0.5, 0.6) is 0 Å². The van der Waals surface area contributed by atoms with Crippen molar-refractivity contribution >= 4 is 5.91 Å². The molecule has 0 bridgehead atoms. The number of hydrogen-bond acceptors (Lipinski definition) is 3. The molecule has 0 aromatic carbocycles. The molecule has 0 saturated heterocycles. The number of nitrogens with one attached hydrogen (secondary N) is 1. The van der Waals surface area contributed by atoms with E-state index < -0.39 is 0 Å². The monoisotopic (exact) mass is 218 g/mol. The third-order valence-corrected chi connectivity index (χ3v) is 3.10. The van der Waals surface area contributed by atoms with Crippen LogP contribution in [-0.2, 0) is 0 Å². The van der Waals surface area contributed by atoms with Gasteiger partial charge in [0.05, 0.1) is 23.8 Å². The maximum Gasteiger partial charge on any atom is 0.255 e. The van der Waals surface area contributed by atoms with E-state index in [1.807, 2.05) is 0 Å². The number of furan rings is 1. The Morgan fingerprint density at radius 1 is 1.62 bits per heavy atom. The Labute approximate surface area is 94.2 Å². The number of carbonyl (C=O) groups excluding carboxylic acids is 1. The molecule has 2 atom stereocenters. The number of carbonyl (C=O) groups is 1. The van der Waals surface area contributed by atoms with Crippen LogP contribution in [0.15, 0.2) is 16.7 Å². The van der Waals surface area contributed by atoms with Gasteiger partial charge in [0.15, 0.2) is 0 Å². The SMILES string of the molecule is Cc1occc1C(=O)NC1CCCC1C#N. The number of rotatable bonds is 2. The molecule has 1 aliphatic carbocycles. The lowest BCUT2D eigenvalue weighted by Crippen LogP contribution is -2.36. The highest BCUT2D eigenvalue weighted by Gasteiger charge is 2.29. The average Bonchev–Trinajstić information content (AvgIpc) is 2.86. The maximum absolute atomic E-state index is 11.9. The Bertz CT molecular complexity index is 430. The third-order valence-electron chi connectivity index (χ3n) is 3.10. The molecular weight excluding hydrogens is 204 g/mol. The number of aryl methyl sites for hydroxylation is 1. The van der Waals surface area contributed by atoms with Crippen LogP contribution in [0.25, 0.3) is 0 Å². The van der Waals surface area contributed by atoms with Crippen molar-refractivity contribution in [3.8, 4) is 6.07 Å². The summed E-state index contributed by atoms with van der Waals surface area (Å²) in [6.07, 6.45) is 4.28. The van der Waals surface area contributed by atoms with Crippen LogP contribution < -0.4 is 5.32 Å². The van der Waals surface area contributed by atoms with Gasteiger partial charge < -0.3 is 9.73 Å². The smallest absolute Gasteiger partial charge is 0.255 e. The summed E-state index contributed by atoms with van der Waals surface area (Å²) >= 11 is 0. The third kappa shape index (κ3) is 1.94.